The monoisotopic (exact) mass is 1350 g/mol. The Kier molecular flexibility index (Phi) is 62.4. The van der Waals surface area contributed by atoms with Gasteiger partial charge in [0, 0.05) is 25.7 Å². The predicted molar refractivity (Wildman–Crippen MR) is 372 cm³/mol. The molecule has 0 amide bonds. The second-order valence-electron chi connectivity index (χ2n) is 27.8. The summed E-state index contributed by atoms with van der Waals surface area (Å²) in [6, 6.07) is 0. The minimum atomic E-state index is -4.95. The molecule has 0 aromatic carbocycles. The minimum absolute atomic E-state index is 0.106. The Morgan fingerprint density at radius 2 is 0.500 bits per heavy atom. The van der Waals surface area contributed by atoms with Gasteiger partial charge in [0.25, 0.3) is 0 Å². The molecular weight excluding hydrogens is 1210 g/mol. The average Bonchev–Trinajstić information content (AvgIpc) is 2.75. The summed E-state index contributed by atoms with van der Waals surface area (Å²) in [6.45, 7) is 11.9. The first-order valence-electron chi connectivity index (χ1n) is 37.8. The molecule has 0 aliphatic rings. The Morgan fingerprint density at radius 1 is 0.293 bits per heavy atom. The van der Waals surface area contributed by atoms with Crippen LogP contribution in [-0.2, 0) is 65.4 Å². The molecule has 546 valence electrons. The number of aliphatic hydroxyl groups excluding tert-OH is 1. The molecule has 19 heteroatoms. The summed E-state index contributed by atoms with van der Waals surface area (Å²) in [5.74, 6) is 0.154. The van der Waals surface area contributed by atoms with Crippen LogP contribution in [0.2, 0.25) is 0 Å². The maximum atomic E-state index is 13.1. The molecule has 0 aliphatic heterocycles. The summed E-state index contributed by atoms with van der Waals surface area (Å²) < 4.78 is 68.4. The fourth-order valence-electron chi connectivity index (χ4n) is 11.1. The number of hydrogen-bond acceptors (Lipinski definition) is 15. The molecular formula is C73H142O17P2. The highest BCUT2D eigenvalue weighted by Gasteiger charge is 2.30. The molecule has 0 heterocycles. The van der Waals surface area contributed by atoms with Crippen molar-refractivity contribution in [3.8, 4) is 0 Å². The maximum absolute atomic E-state index is 13.1. The first-order chi connectivity index (χ1) is 44.2. The molecule has 0 radical (unpaired) electrons. The third-order valence-electron chi connectivity index (χ3n) is 16.9. The first-order valence-corrected chi connectivity index (χ1v) is 40.8. The molecule has 3 N–H and O–H groups in total. The Labute approximate surface area is 562 Å². The number of hydrogen-bond donors (Lipinski definition) is 3. The fraction of sp³-hybridized carbons (Fsp3) is 0.945. The molecule has 17 nitrogen and oxygen atoms in total. The summed E-state index contributed by atoms with van der Waals surface area (Å²) in [4.78, 5) is 72.7. The number of aliphatic hydroxyl groups is 1. The summed E-state index contributed by atoms with van der Waals surface area (Å²) >= 11 is 0. The van der Waals surface area contributed by atoms with Crippen LogP contribution in [0.1, 0.15) is 370 Å². The van der Waals surface area contributed by atoms with E-state index >= 15 is 0 Å². The molecule has 5 atom stereocenters. The van der Waals surface area contributed by atoms with E-state index in [-0.39, 0.29) is 25.7 Å². The fourth-order valence-corrected chi connectivity index (χ4v) is 12.7. The molecule has 0 saturated carbocycles. The van der Waals surface area contributed by atoms with Gasteiger partial charge in [-0.25, -0.2) is 9.13 Å². The Morgan fingerprint density at radius 3 is 0.739 bits per heavy atom. The zero-order chi connectivity index (χ0) is 68.0. The zero-order valence-corrected chi connectivity index (χ0v) is 61.8. The van der Waals surface area contributed by atoms with Crippen LogP contribution in [0.4, 0.5) is 0 Å². The van der Waals surface area contributed by atoms with E-state index < -0.39 is 97.5 Å². The van der Waals surface area contributed by atoms with E-state index in [0.29, 0.717) is 25.7 Å². The lowest BCUT2D eigenvalue weighted by Gasteiger charge is -2.21. The van der Waals surface area contributed by atoms with Crippen LogP contribution < -0.4 is 0 Å². The number of rotatable bonds is 71. The van der Waals surface area contributed by atoms with Crippen LogP contribution >= 0.6 is 15.6 Å². The second kappa shape index (κ2) is 63.8. The SMILES string of the molecule is CCCCCCCCCCCCCCC(=O)O[C@H](COC(=O)CCCCCCCCCCC(C)C)COP(=O)(O)OC[C@H](O)COP(=O)(O)OC[C@@H](COC(=O)CCCCCCCCCCCCCC(C)C)OC(=O)CCCCCCCCCCCCCCC(C)C. The van der Waals surface area contributed by atoms with Gasteiger partial charge in [-0.2, -0.15) is 0 Å². The third kappa shape index (κ3) is 66.7. The maximum Gasteiger partial charge on any atom is 0.472 e. The molecule has 0 rings (SSSR count). The van der Waals surface area contributed by atoms with E-state index in [9.17, 15) is 43.2 Å². The number of carbonyl (C=O) groups excluding carboxylic acids is 4. The van der Waals surface area contributed by atoms with Gasteiger partial charge >= 0.3 is 39.5 Å². The molecule has 0 spiro atoms. The zero-order valence-electron chi connectivity index (χ0n) is 60.0. The third-order valence-corrected chi connectivity index (χ3v) is 18.8. The van der Waals surface area contributed by atoms with E-state index in [0.717, 1.165) is 108 Å². The van der Waals surface area contributed by atoms with E-state index in [2.05, 4.69) is 48.5 Å². The van der Waals surface area contributed by atoms with Crippen molar-refractivity contribution in [3.63, 3.8) is 0 Å². The highest BCUT2D eigenvalue weighted by atomic mass is 31.2. The summed E-state index contributed by atoms with van der Waals surface area (Å²) in [6.07, 6.45) is 48.5. The van der Waals surface area contributed by atoms with Gasteiger partial charge in [-0.1, -0.05) is 318 Å². The van der Waals surface area contributed by atoms with E-state index in [1.165, 1.54) is 180 Å². The summed E-state index contributed by atoms with van der Waals surface area (Å²) in [7, 11) is -9.91. The largest absolute Gasteiger partial charge is 0.472 e. The molecule has 0 aromatic rings. The average molecular weight is 1350 g/mol. The van der Waals surface area contributed by atoms with Crippen molar-refractivity contribution in [1.29, 1.82) is 0 Å². The van der Waals surface area contributed by atoms with Crippen LogP contribution in [0.15, 0.2) is 0 Å². The van der Waals surface area contributed by atoms with Gasteiger partial charge in [0.15, 0.2) is 12.2 Å². The molecule has 0 saturated heterocycles. The summed E-state index contributed by atoms with van der Waals surface area (Å²) in [5, 5.41) is 10.6. The lowest BCUT2D eigenvalue weighted by atomic mass is 10.0. The van der Waals surface area contributed by atoms with E-state index in [1.807, 2.05) is 0 Å². The normalized spacial score (nSPS) is 14.1. The molecule has 0 bridgehead atoms. The van der Waals surface area contributed by atoms with Crippen LogP contribution in [0.5, 0.6) is 0 Å². The van der Waals surface area contributed by atoms with Gasteiger partial charge in [0.2, 0.25) is 0 Å². The van der Waals surface area contributed by atoms with Crippen LogP contribution in [-0.4, -0.2) is 96.7 Å². The second-order valence-corrected chi connectivity index (χ2v) is 30.7. The Bertz CT molecular complexity index is 1800. The molecule has 0 aliphatic carbocycles. The van der Waals surface area contributed by atoms with Crippen molar-refractivity contribution in [1.82, 2.24) is 0 Å². The highest BCUT2D eigenvalue weighted by molar-refractivity contribution is 7.47. The highest BCUT2D eigenvalue weighted by Crippen LogP contribution is 2.45. The van der Waals surface area contributed by atoms with Gasteiger partial charge in [-0.15, -0.1) is 0 Å². The molecule has 0 fully saturated rings. The topological polar surface area (TPSA) is 237 Å². The number of phosphoric ester groups is 2. The van der Waals surface area contributed by atoms with Crippen molar-refractivity contribution < 1.29 is 80.2 Å². The van der Waals surface area contributed by atoms with Gasteiger partial charge < -0.3 is 33.8 Å². The smallest absolute Gasteiger partial charge is 0.462 e. The molecule has 92 heavy (non-hydrogen) atoms. The van der Waals surface area contributed by atoms with Crippen LogP contribution in [0.3, 0.4) is 0 Å². The van der Waals surface area contributed by atoms with Crippen LogP contribution in [0.25, 0.3) is 0 Å². The summed E-state index contributed by atoms with van der Waals surface area (Å²) in [5.41, 5.74) is 0. The number of phosphoric acid groups is 2. The van der Waals surface area contributed by atoms with E-state index in [1.54, 1.807) is 0 Å². The number of carbonyl (C=O) groups is 4. The van der Waals surface area contributed by atoms with Gasteiger partial charge in [0.1, 0.15) is 19.3 Å². The van der Waals surface area contributed by atoms with Crippen molar-refractivity contribution in [2.24, 2.45) is 17.8 Å². The predicted octanol–water partition coefficient (Wildman–Crippen LogP) is 21.0. The Balaban J connectivity index is 5.26. The molecule has 0 aromatic heterocycles. The molecule has 2 unspecified atom stereocenters. The van der Waals surface area contributed by atoms with Crippen molar-refractivity contribution >= 4 is 39.5 Å². The van der Waals surface area contributed by atoms with Gasteiger partial charge in [-0.3, -0.25) is 37.3 Å². The van der Waals surface area contributed by atoms with Gasteiger partial charge in [0.05, 0.1) is 26.4 Å². The van der Waals surface area contributed by atoms with Crippen molar-refractivity contribution in [2.75, 3.05) is 39.6 Å². The standard InChI is InChI=1S/C73H142O17P2/c1-8-9-10-11-12-13-14-20-26-35-42-49-56-72(77)90-69(61-84-71(76)55-48-41-34-29-28-32-39-46-53-66(6)7)63-88-92(81,82)86-59-67(74)58-85-91(79,80)87-62-68(60-83-70(75)54-47-40-33-25-22-17-19-24-31-38-45-52-65(4)5)89-73(78)57-50-43-36-27-21-16-15-18-23-30-37-44-51-64(2)3/h64-69,74H,8-63H2,1-7H3,(H,79,80)(H,81,82)/t67-,68-,69-/m1/s1. The Hall–Kier alpha value is -1.94. The van der Waals surface area contributed by atoms with Crippen molar-refractivity contribution in [3.05, 3.63) is 0 Å². The number of ether oxygens (including phenoxy) is 4. The van der Waals surface area contributed by atoms with Crippen molar-refractivity contribution in [2.45, 2.75) is 388 Å². The van der Waals surface area contributed by atoms with Crippen LogP contribution in [0, 0.1) is 17.8 Å². The van der Waals surface area contributed by atoms with Gasteiger partial charge in [-0.05, 0) is 43.4 Å². The number of esters is 4. The quantitative estimate of drug-likeness (QED) is 0.0222. The lowest BCUT2D eigenvalue weighted by Crippen LogP contribution is -2.30. The number of unbranched alkanes of at least 4 members (excludes halogenated alkanes) is 39. The van der Waals surface area contributed by atoms with E-state index in [4.69, 9.17) is 37.0 Å². The minimum Gasteiger partial charge on any atom is -0.462 e. The first kappa shape index (κ1) is 90.1. The lowest BCUT2D eigenvalue weighted by molar-refractivity contribution is -0.161.